The van der Waals surface area contributed by atoms with Crippen LogP contribution in [0.2, 0.25) is 0 Å². The second-order valence-corrected chi connectivity index (χ2v) is 3.79. The largest absolute Gasteiger partial charge is 0.469 e. The third-order valence-electron chi connectivity index (χ3n) is 2.83. The summed E-state index contributed by atoms with van der Waals surface area (Å²) in [6.07, 6.45) is 2.85. The first-order valence-corrected chi connectivity index (χ1v) is 5.22. The molecular formula is C10H20N2O2. The van der Waals surface area contributed by atoms with Crippen LogP contribution >= 0.6 is 0 Å². The molecule has 0 aromatic heterocycles. The SMILES string of the molecule is COC(=O)CCN(C)C1CCNCC1. The minimum atomic E-state index is -0.120. The Morgan fingerprint density at radius 3 is 2.71 bits per heavy atom. The summed E-state index contributed by atoms with van der Waals surface area (Å²) in [5, 5.41) is 3.33. The molecule has 0 unspecified atom stereocenters. The van der Waals surface area contributed by atoms with E-state index in [-0.39, 0.29) is 5.97 Å². The molecule has 0 radical (unpaired) electrons. The van der Waals surface area contributed by atoms with E-state index in [0.29, 0.717) is 12.5 Å². The van der Waals surface area contributed by atoms with E-state index in [1.54, 1.807) is 0 Å². The lowest BCUT2D eigenvalue weighted by Crippen LogP contribution is -2.41. The van der Waals surface area contributed by atoms with Gasteiger partial charge in [0.2, 0.25) is 0 Å². The molecule has 0 aliphatic carbocycles. The summed E-state index contributed by atoms with van der Waals surface area (Å²) < 4.78 is 4.61. The number of hydrogen-bond donors (Lipinski definition) is 1. The van der Waals surface area contributed by atoms with Crippen molar-refractivity contribution in [2.24, 2.45) is 0 Å². The highest BCUT2D eigenvalue weighted by Crippen LogP contribution is 2.09. The van der Waals surface area contributed by atoms with Crippen LogP contribution in [0, 0.1) is 0 Å². The van der Waals surface area contributed by atoms with E-state index in [1.165, 1.54) is 20.0 Å². The standard InChI is InChI=1S/C10H20N2O2/c1-12(8-5-10(13)14-2)9-3-6-11-7-4-9/h9,11H,3-8H2,1-2H3. The Kier molecular flexibility index (Phi) is 4.90. The van der Waals surface area contributed by atoms with Gasteiger partial charge in [0.25, 0.3) is 0 Å². The van der Waals surface area contributed by atoms with E-state index in [2.05, 4.69) is 22.0 Å². The van der Waals surface area contributed by atoms with Crippen molar-refractivity contribution in [2.75, 3.05) is 33.8 Å². The Labute approximate surface area is 85.6 Å². The normalized spacial score (nSPS) is 18.5. The molecule has 0 bridgehead atoms. The van der Waals surface area contributed by atoms with Gasteiger partial charge in [-0.25, -0.2) is 0 Å². The van der Waals surface area contributed by atoms with E-state index in [1.807, 2.05) is 0 Å². The first-order valence-electron chi connectivity index (χ1n) is 5.22. The molecule has 1 N–H and O–H groups in total. The lowest BCUT2D eigenvalue weighted by molar-refractivity contribution is -0.141. The molecule has 1 heterocycles. The summed E-state index contributed by atoms with van der Waals surface area (Å²) in [7, 11) is 3.52. The Hall–Kier alpha value is -0.610. The number of carbonyl (C=O) groups is 1. The fourth-order valence-corrected chi connectivity index (χ4v) is 1.80. The molecule has 0 atom stereocenters. The number of nitrogens with one attached hydrogen (secondary N) is 1. The van der Waals surface area contributed by atoms with E-state index in [0.717, 1.165) is 19.6 Å². The number of nitrogens with zero attached hydrogens (tertiary/aromatic N) is 1. The zero-order chi connectivity index (χ0) is 10.4. The molecule has 0 aromatic carbocycles. The zero-order valence-corrected chi connectivity index (χ0v) is 9.08. The minimum absolute atomic E-state index is 0.120. The van der Waals surface area contributed by atoms with E-state index in [9.17, 15) is 4.79 Å². The fraction of sp³-hybridized carbons (Fsp3) is 0.900. The van der Waals surface area contributed by atoms with Crippen molar-refractivity contribution in [3.8, 4) is 0 Å². The van der Waals surface area contributed by atoms with Gasteiger partial charge in [-0.05, 0) is 33.0 Å². The number of ether oxygens (including phenoxy) is 1. The second-order valence-electron chi connectivity index (χ2n) is 3.79. The maximum atomic E-state index is 10.9. The number of rotatable bonds is 4. The van der Waals surface area contributed by atoms with Crippen molar-refractivity contribution in [3.05, 3.63) is 0 Å². The van der Waals surface area contributed by atoms with Crippen LogP contribution in [0.3, 0.4) is 0 Å². The van der Waals surface area contributed by atoms with Gasteiger partial charge in [-0.15, -0.1) is 0 Å². The monoisotopic (exact) mass is 200 g/mol. The van der Waals surface area contributed by atoms with Gasteiger partial charge < -0.3 is 15.0 Å². The summed E-state index contributed by atoms with van der Waals surface area (Å²) in [4.78, 5) is 13.2. The molecule has 4 nitrogen and oxygen atoms in total. The fourth-order valence-electron chi connectivity index (χ4n) is 1.80. The molecule has 14 heavy (non-hydrogen) atoms. The quantitative estimate of drug-likeness (QED) is 0.660. The van der Waals surface area contributed by atoms with Crippen LogP contribution in [0.1, 0.15) is 19.3 Å². The summed E-state index contributed by atoms with van der Waals surface area (Å²) in [5.41, 5.74) is 0. The molecule has 1 fully saturated rings. The molecule has 1 aliphatic rings. The van der Waals surface area contributed by atoms with Crippen molar-refractivity contribution >= 4 is 5.97 Å². The molecule has 0 amide bonds. The summed E-state index contributed by atoms with van der Waals surface area (Å²) in [6, 6.07) is 0.626. The van der Waals surface area contributed by atoms with Crippen molar-refractivity contribution in [1.29, 1.82) is 0 Å². The Morgan fingerprint density at radius 1 is 1.50 bits per heavy atom. The Balaban J connectivity index is 2.19. The first kappa shape index (κ1) is 11.5. The van der Waals surface area contributed by atoms with Crippen molar-refractivity contribution in [1.82, 2.24) is 10.2 Å². The molecule has 0 saturated carbocycles. The second kappa shape index (κ2) is 5.98. The lowest BCUT2D eigenvalue weighted by Gasteiger charge is -2.31. The molecule has 0 aromatic rings. The molecule has 1 saturated heterocycles. The van der Waals surface area contributed by atoms with Crippen LogP contribution in [-0.4, -0.2) is 50.7 Å². The lowest BCUT2D eigenvalue weighted by atomic mass is 10.1. The molecule has 1 aliphatic heterocycles. The van der Waals surface area contributed by atoms with E-state index >= 15 is 0 Å². The minimum Gasteiger partial charge on any atom is -0.469 e. The van der Waals surface area contributed by atoms with Crippen molar-refractivity contribution in [2.45, 2.75) is 25.3 Å². The molecular weight excluding hydrogens is 180 g/mol. The molecule has 1 rings (SSSR count). The summed E-state index contributed by atoms with van der Waals surface area (Å²) >= 11 is 0. The Morgan fingerprint density at radius 2 is 2.14 bits per heavy atom. The van der Waals surface area contributed by atoms with E-state index in [4.69, 9.17) is 0 Å². The predicted molar refractivity (Wildman–Crippen MR) is 55.2 cm³/mol. The number of methoxy groups -OCH3 is 1. The van der Waals surface area contributed by atoms with Crippen LogP contribution in [0.25, 0.3) is 0 Å². The van der Waals surface area contributed by atoms with Crippen molar-refractivity contribution < 1.29 is 9.53 Å². The highest BCUT2D eigenvalue weighted by Gasteiger charge is 2.17. The van der Waals surface area contributed by atoms with Crippen LogP contribution in [0.15, 0.2) is 0 Å². The van der Waals surface area contributed by atoms with Crippen molar-refractivity contribution in [3.63, 3.8) is 0 Å². The van der Waals surface area contributed by atoms with Gasteiger partial charge in [0.15, 0.2) is 0 Å². The van der Waals surface area contributed by atoms with Crippen LogP contribution < -0.4 is 5.32 Å². The zero-order valence-electron chi connectivity index (χ0n) is 9.08. The van der Waals surface area contributed by atoms with Crippen LogP contribution in [0.5, 0.6) is 0 Å². The molecule has 4 heteroatoms. The topological polar surface area (TPSA) is 41.6 Å². The van der Waals surface area contributed by atoms with Gasteiger partial charge in [0, 0.05) is 12.6 Å². The Bertz CT molecular complexity index is 179. The number of hydrogen-bond acceptors (Lipinski definition) is 4. The third kappa shape index (κ3) is 3.64. The first-order chi connectivity index (χ1) is 6.74. The predicted octanol–water partition coefficient (Wildman–Crippen LogP) is 0.233. The van der Waals surface area contributed by atoms with E-state index < -0.39 is 0 Å². The van der Waals surface area contributed by atoms with Crippen LogP contribution in [0.4, 0.5) is 0 Å². The molecule has 82 valence electrons. The smallest absolute Gasteiger partial charge is 0.306 e. The number of esters is 1. The summed E-state index contributed by atoms with van der Waals surface area (Å²) in [6.45, 7) is 2.98. The van der Waals surface area contributed by atoms with Gasteiger partial charge in [0.1, 0.15) is 0 Å². The number of piperidine rings is 1. The van der Waals surface area contributed by atoms with Gasteiger partial charge >= 0.3 is 5.97 Å². The maximum Gasteiger partial charge on any atom is 0.306 e. The maximum absolute atomic E-state index is 10.9. The van der Waals surface area contributed by atoms with Gasteiger partial charge in [-0.1, -0.05) is 0 Å². The average Bonchev–Trinajstić information content (AvgIpc) is 2.26. The average molecular weight is 200 g/mol. The van der Waals surface area contributed by atoms with Gasteiger partial charge in [-0.2, -0.15) is 0 Å². The highest BCUT2D eigenvalue weighted by atomic mass is 16.5. The van der Waals surface area contributed by atoms with Gasteiger partial charge in [0.05, 0.1) is 13.5 Å². The summed E-state index contributed by atoms with van der Waals surface area (Å²) in [5.74, 6) is -0.120. The highest BCUT2D eigenvalue weighted by molar-refractivity contribution is 5.69. The van der Waals surface area contributed by atoms with Gasteiger partial charge in [-0.3, -0.25) is 4.79 Å². The molecule has 0 spiro atoms. The van der Waals surface area contributed by atoms with Crippen LogP contribution in [-0.2, 0) is 9.53 Å². The number of carbonyl (C=O) groups excluding carboxylic acids is 1. The third-order valence-corrected chi connectivity index (χ3v) is 2.83.